The molecule has 1 N–H and O–H groups in total. The van der Waals surface area contributed by atoms with Gasteiger partial charge in [-0.3, -0.25) is 4.98 Å². The normalized spacial score (nSPS) is 11.0. The molecular formula is C12H17N5. The van der Waals surface area contributed by atoms with E-state index in [9.17, 15) is 0 Å². The van der Waals surface area contributed by atoms with Crippen LogP contribution in [0.4, 0.5) is 0 Å². The van der Waals surface area contributed by atoms with E-state index >= 15 is 0 Å². The average molecular weight is 231 g/mol. The summed E-state index contributed by atoms with van der Waals surface area (Å²) in [5.74, 6) is 0.962. The molecule has 2 aromatic heterocycles. The van der Waals surface area contributed by atoms with Crippen LogP contribution in [-0.2, 0) is 13.1 Å². The lowest BCUT2D eigenvalue weighted by Gasteiger charge is -2.09. The second-order valence-electron chi connectivity index (χ2n) is 4.18. The Morgan fingerprint density at radius 1 is 1.35 bits per heavy atom. The minimum atomic E-state index is 0.340. The van der Waals surface area contributed by atoms with Crippen molar-refractivity contribution in [2.24, 2.45) is 0 Å². The summed E-state index contributed by atoms with van der Waals surface area (Å²) in [6.07, 6.45) is 5.24. The Hall–Kier alpha value is -1.75. The van der Waals surface area contributed by atoms with Crippen molar-refractivity contribution in [3.05, 3.63) is 42.2 Å². The van der Waals surface area contributed by atoms with E-state index < -0.39 is 0 Å². The van der Waals surface area contributed by atoms with Gasteiger partial charge in [0.05, 0.1) is 6.54 Å². The monoisotopic (exact) mass is 231 g/mol. The summed E-state index contributed by atoms with van der Waals surface area (Å²) >= 11 is 0. The summed E-state index contributed by atoms with van der Waals surface area (Å²) in [6, 6.07) is 4.33. The van der Waals surface area contributed by atoms with Crippen LogP contribution >= 0.6 is 0 Å². The highest BCUT2D eigenvalue weighted by atomic mass is 15.3. The van der Waals surface area contributed by atoms with Crippen LogP contribution in [0.3, 0.4) is 0 Å². The Morgan fingerprint density at radius 2 is 2.24 bits per heavy atom. The van der Waals surface area contributed by atoms with Gasteiger partial charge in [-0.15, -0.1) is 0 Å². The van der Waals surface area contributed by atoms with Gasteiger partial charge in [-0.2, -0.15) is 5.10 Å². The average Bonchev–Trinajstić information content (AvgIpc) is 2.79. The summed E-state index contributed by atoms with van der Waals surface area (Å²) in [4.78, 5) is 8.32. The molecule has 90 valence electrons. The predicted octanol–water partition coefficient (Wildman–Crippen LogP) is 1.54. The summed E-state index contributed by atoms with van der Waals surface area (Å²) in [5, 5.41) is 7.53. The zero-order valence-corrected chi connectivity index (χ0v) is 10.2. The van der Waals surface area contributed by atoms with E-state index in [4.69, 9.17) is 0 Å². The molecule has 17 heavy (non-hydrogen) atoms. The fourth-order valence-corrected chi connectivity index (χ4v) is 1.65. The first-order valence-electron chi connectivity index (χ1n) is 5.75. The van der Waals surface area contributed by atoms with Gasteiger partial charge in [0.25, 0.3) is 0 Å². The lowest BCUT2D eigenvalue weighted by Crippen LogP contribution is -2.18. The fourth-order valence-electron chi connectivity index (χ4n) is 1.65. The van der Waals surface area contributed by atoms with Gasteiger partial charge >= 0.3 is 0 Å². The molecular weight excluding hydrogens is 214 g/mol. The highest BCUT2D eigenvalue weighted by molar-refractivity contribution is 5.07. The number of aromatic nitrogens is 4. The standard InChI is InChI=1S/C12H17N5/c1-10(2)17-12(15-9-16-17)8-14-7-11-4-3-5-13-6-11/h3-6,9-10,14H,7-8H2,1-2H3. The third kappa shape index (κ3) is 3.10. The molecule has 2 heterocycles. The van der Waals surface area contributed by atoms with Crippen LogP contribution in [0, 0.1) is 0 Å². The molecule has 0 aliphatic heterocycles. The van der Waals surface area contributed by atoms with E-state index in [1.54, 1.807) is 12.5 Å². The zero-order valence-electron chi connectivity index (χ0n) is 10.2. The van der Waals surface area contributed by atoms with Crippen molar-refractivity contribution in [2.75, 3.05) is 0 Å². The summed E-state index contributed by atoms with van der Waals surface area (Å²) < 4.78 is 1.93. The van der Waals surface area contributed by atoms with Crippen LogP contribution in [0.5, 0.6) is 0 Å². The minimum Gasteiger partial charge on any atom is -0.306 e. The maximum Gasteiger partial charge on any atom is 0.141 e. The van der Waals surface area contributed by atoms with E-state index in [-0.39, 0.29) is 0 Å². The molecule has 0 unspecified atom stereocenters. The number of hydrogen-bond donors (Lipinski definition) is 1. The van der Waals surface area contributed by atoms with Gasteiger partial charge in [0.15, 0.2) is 0 Å². The van der Waals surface area contributed by atoms with E-state index in [1.165, 1.54) is 5.56 Å². The molecule has 0 spiro atoms. The molecule has 0 aliphatic carbocycles. The van der Waals surface area contributed by atoms with Crippen LogP contribution in [0.1, 0.15) is 31.3 Å². The van der Waals surface area contributed by atoms with Gasteiger partial charge in [0.1, 0.15) is 12.2 Å². The van der Waals surface area contributed by atoms with Crippen molar-refractivity contribution in [2.45, 2.75) is 33.0 Å². The topological polar surface area (TPSA) is 55.6 Å². The second-order valence-corrected chi connectivity index (χ2v) is 4.18. The lowest BCUT2D eigenvalue weighted by molar-refractivity contribution is 0.490. The molecule has 5 nitrogen and oxygen atoms in total. The van der Waals surface area contributed by atoms with Crippen molar-refractivity contribution < 1.29 is 0 Å². The first-order valence-corrected chi connectivity index (χ1v) is 5.75. The lowest BCUT2D eigenvalue weighted by atomic mass is 10.3. The third-order valence-electron chi connectivity index (χ3n) is 2.47. The molecule has 0 saturated carbocycles. The van der Waals surface area contributed by atoms with Gasteiger partial charge in [0.2, 0.25) is 0 Å². The van der Waals surface area contributed by atoms with Crippen molar-refractivity contribution >= 4 is 0 Å². The third-order valence-corrected chi connectivity index (χ3v) is 2.47. The molecule has 0 amide bonds. The second kappa shape index (κ2) is 5.54. The van der Waals surface area contributed by atoms with Crippen LogP contribution in [-0.4, -0.2) is 19.7 Å². The van der Waals surface area contributed by atoms with Gasteiger partial charge in [-0.1, -0.05) is 6.07 Å². The van der Waals surface area contributed by atoms with Gasteiger partial charge in [0, 0.05) is 25.0 Å². The predicted molar refractivity (Wildman–Crippen MR) is 65.2 cm³/mol. The summed E-state index contributed by atoms with van der Waals surface area (Å²) in [7, 11) is 0. The van der Waals surface area contributed by atoms with E-state index in [0.29, 0.717) is 12.6 Å². The Morgan fingerprint density at radius 3 is 2.94 bits per heavy atom. The number of nitrogens with one attached hydrogen (secondary N) is 1. The molecule has 0 fully saturated rings. The van der Waals surface area contributed by atoms with Crippen LogP contribution < -0.4 is 5.32 Å². The van der Waals surface area contributed by atoms with Crippen molar-refractivity contribution in [1.82, 2.24) is 25.1 Å². The molecule has 0 saturated heterocycles. The fraction of sp³-hybridized carbons (Fsp3) is 0.417. The van der Waals surface area contributed by atoms with E-state index in [2.05, 4.69) is 34.2 Å². The molecule has 0 bridgehead atoms. The van der Waals surface area contributed by atoms with Crippen LogP contribution in [0.2, 0.25) is 0 Å². The Balaban J connectivity index is 1.88. The molecule has 0 radical (unpaired) electrons. The Labute approximate surface area is 101 Å². The summed E-state index contributed by atoms with van der Waals surface area (Å²) in [6.45, 7) is 5.70. The maximum absolute atomic E-state index is 4.24. The molecule has 5 heteroatoms. The molecule has 2 aromatic rings. The van der Waals surface area contributed by atoms with E-state index in [1.807, 2.05) is 23.0 Å². The first-order chi connectivity index (χ1) is 8.27. The molecule has 0 aromatic carbocycles. The zero-order chi connectivity index (χ0) is 12.1. The SMILES string of the molecule is CC(C)n1ncnc1CNCc1cccnc1. The quantitative estimate of drug-likeness (QED) is 0.848. The minimum absolute atomic E-state index is 0.340. The molecule has 0 aliphatic rings. The van der Waals surface area contributed by atoms with E-state index in [0.717, 1.165) is 12.4 Å². The smallest absolute Gasteiger partial charge is 0.141 e. The molecule has 2 rings (SSSR count). The maximum atomic E-state index is 4.24. The highest BCUT2D eigenvalue weighted by Gasteiger charge is 2.06. The van der Waals surface area contributed by atoms with Gasteiger partial charge in [-0.05, 0) is 25.5 Å². The first kappa shape index (κ1) is 11.7. The number of rotatable bonds is 5. The van der Waals surface area contributed by atoms with Gasteiger partial charge in [-0.25, -0.2) is 9.67 Å². The summed E-state index contributed by atoms with van der Waals surface area (Å²) in [5.41, 5.74) is 1.17. The highest BCUT2D eigenvalue weighted by Crippen LogP contribution is 2.05. The van der Waals surface area contributed by atoms with Crippen molar-refractivity contribution in [3.8, 4) is 0 Å². The Bertz CT molecular complexity index is 449. The van der Waals surface area contributed by atoms with Crippen molar-refractivity contribution in [3.63, 3.8) is 0 Å². The molecule has 0 atom stereocenters. The number of pyridine rings is 1. The van der Waals surface area contributed by atoms with Gasteiger partial charge < -0.3 is 5.32 Å². The van der Waals surface area contributed by atoms with Crippen LogP contribution in [0.25, 0.3) is 0 Å². The largest absolute Gasteiger partial charge is 0.306 e. The van der Waals surface area contributed by atoms with Crippen molar-refractivity contribution in [1.29, 1.82) is 0 Å². The number of hydrogen-bond acceptors (Lipinski definition) is 4. The Kier molecular flexibility index (Phi) is 3.82. The van der Waals surface area contributed by atoms with Crippen LogP contribution in [0.15, 0.2) is 30.9 Å². The number of nitrogens with zero attached hydrogens (tertiary/aromatic N) is 4.